The van der Waals surface area contributed by atoms with Gasteiger partial charge in [0.15, 0.2) is 0 Å². The van der Waals surface area contributed by atoms with Gasteiger partial charge in [-0.2, -0.15) is 4.98 Å². The topological polar surface area (TPSA) is 96.4 Å². The molecule has 1 amide bonds. The van der Waals surface area contributed by atoms with E-state index in [0.29, 0.717) is 47.7 Å². The molecule has 1 saturated heterocycles. The van der Waals surface area contributed by atoms with E-state index in [9.17, 15) is 4.79 Å². The number of hydrogen-bond donors (Lipinski definition) is 1. The van der Waals surface area contributed by atoms with E-state index in [-0.39, 0.29) is 11.9 Å². The second kappa shape index (κ2) is 12.0. The molecule has 10 heteroatoms. The molecule has 4 aromatic rings. The van der Waals surface area contributed by atoms with Crippen molar-refractivity contribution < 1.29 is 9.53 Å². The highest BCUT2D eigenvalue weighted by Crippen LogP contribution is 2.37. The number of rotatable bonds is 6. The van der Waals surface area contributed by atoms with Gasteiger partial charge in [0.25, 0.3) is 5.91 Å². The number of carbonyl (C=O) groups excluding carboxylic acids is 1. The average molecular weight is 622 g/mol. The van der Waals surface area contributed by atoms with Gasteiger partial charge < -0.3 is 14.5 Å². The van der Waals surface area contributed by atoms with Crippen molar-refractivity contribution in [2.75, 3.05) is 29.3 Å². The Labute approximate surface area is 269 Å². The lowest BCUT2D eigenvalue weighted by molar-refractivity contribution is 0.0557. The van der Waals surface area contributed by atoms with E-state index < -0.39 is 0 Å². The van der Waals surface area contributed by atoms with Gasteiger partial charge in [-0.3, -0.25) is 9.52 Å². The van der Waals surface area contributed by atoms with Crippen LogP contribution in [0.2, 0.25) is 0 Å². The SMILES string of the molecule is Cc1cccc(C)c1-c1cc2nc(n1)NSc1cccc(c1)C(=O)N(Cc1ncc(N3CC(C)(C)C3)cn1)[C@H](CC1CC1)CO2. The Balaban J connectivity index is 1.23. The Morgan fingerprint density at radius 1 is 1.00 bits per heavy atom. The first kappa shape index (κ1) is 29.5. The highest BCUT2D eigenvalue weighted by molar-refractivity contribution is 8.00. The van der Waals surface area contributed by atoms with Gasteiger partial charge in [-0.25, -0.2) is 15.0 Å². The molecule has 2 aromatic heterocycles. The van der Waals surface area contributed by atoms with Gasteiger partial charge in [-0.05, 0) is 72.9 Å². The summed E-state index contributed by atoms with van der Waals surface area (Å²) < 4.78 is 9.76. The van der Waals surface area contributed by atoms with Crippen LogP contribution in [0.4, 0.5) is 11.6 Å². The van der Waals surface area contributed by atoms with Crippen LogP contribution < -0.4 is 14.4 Å². The molecule has 3 aliphatic rings. The zero-order valence-electron chi connectivity index (χ0n) is 26.3. The van der Waals surface area contributed by atoms with Crippen LogP contribution in [0.15, 0.2) is 65.8 Å². The van der Waals surface area contributed by atoms with Gasteiger partial charge in [-0.15, -0.1) is 0 Å². The number of nitrogens with zero attached hydrogens (tertiary/aromatic N) is 6. The molecule has 4 heterocycles. The molecule has 0 radical (unpaired) electrons. The highest BCUT2D eigenvalue weighted by Gasteiger charge is 2.35. The maximum absolute atomic E-state index is 14.3. The van der Waals surface area contributed by atoms with E-state index in [1.165, 1.54) is 24.8 Å². The lowest BCUT2D eigenvalue weighted by Gasteiger charge is -2.47. The maximum Gasteiger partial charge on any atom is 0.254 e. The number of carbonyl (C=O) groups is 1. The van der Waals surface area contributed by atoms with Crippen LogP contribution >= 0.6 is 11.9 Å². The third-order valence-corrected chi connectivity index (χ3v) is 9.59. The summed E-state index contributed by atoms with van der Waals surface area (Å²) in [4.78, 5) is 38.4. The lowest BCUT2D eigenvalue weighted by atomic mass is 9.84. The molecule has 9 nitrogen and oxygen atoms in total. The minimum atomic E-state index is -0.184. The predicted octanol–water partition coefficient (Wildman–Crippen LogP) is 6.72. The molecule has 1 aliphatic carbocycles. The second-order valence-corrected chi connectivity index (χ2v) is 14.2. The predicted molar refractivity (Wildman–Crippen MR) is 177 cm³/mol. The summed E-state index contributed by atoms with van der Waals surface area (Å²) in [5.41, 5.74) is 6.08. The van der Waals surface area contributed by atoms with Crippen molar-refractivity contribution in [3.63, 3.8) is 0 Å². The van der Waals surface area contributed by atoms with Crippen LogP contribution in [0, 0.1) is 25.2 Å². The summed E-state index contributed by atoms with van der Waals surface area (Å²) in [6, 6.07) is 15.7. The zero-order valence-corrected chi connectivity index (χ0v) is 27.1. The standard InChI is InChI=1S/C35H39N7O2S/c1-22-7-5-8-23(2)32(22)29-15-31-39-34(38-29)40-45-28-10-6-9-25(14-28)33(43)42(26(19-44-31)13-24-11-12-24)18-30-36-16-27(17-37-30)41-20-35(3,4)21-41/h5-10,14-17,24,26H,11-13,18-21H2,1-4H3,(H,38,39,40)/t26-/m1/s1. The van der Waals surface area contributed by atoms with E-state index in [2.05, 4.69) is 55.5 Å². The van der Waals surface area contributed by atoms with Crippen LogP contribution in [0.5, 0.6) is 5.88 Å². The molecule has 1 N–H and O–H groups in total. The molecule has 1 atom stereocenters. The van der Waals surface area contributed by atoms with Crippen LogP contribution in [0.25, 0.3) is 11.3 Å². The minimum Gasteiger partial charge on any atom is -0.475 e. The Hall–Kier alpha value is -4.18. The van der Waals surface area contributed by atoms with Crippen molar-refractivity contribution in [2.45, 2.75) is 64.4 Å². The lowest BCUT2D eigenvalue weighted by Crippen LogP contribution is -2.53. The van der Waals surface area contributed by atoms with Crippen LogP contribution in [0.1, 0.15) is 60.4 Å². The number of hydrogen-bond acceptors (Lipinski definition) is 9. The van der Waals surface area contributed by atoms with Gasteiger partial charge in [0.05, 0.1) is 36.4 Å². The Morgan fingerprint density at radius 3 is 2.44 bits per heavy atom. The molecule has 1 saturated carbocycles. The fourth-order valence-electron chi connectivity index (χ4n) is 6.34. The Kier molecular flexibility index (Phi) is 7.85. The quantitative estimate of drug-likeness (QED) is 0.235. The molecule has 7 rings (SSSR count). The van der Waals surface area contributed by atoms with Crippen molar-refractivity contribution in [3.05, 3.63) is 83.4 Å². The largest absolute Gasteiger partial charge is 0.475 e. The van der Waals surface area contributed by atoms with E-state index >= 15 is 0 Å². The molecular formula is C35H39N7O2S. The summed E-state index contributed by atoms with van der Waals surface area (Å²) in [5, 5.41) is 0. The van der Waals surface area contributed by atoms with Crippen molar-refractivity contribution >= 4 is 29.5 Å². The number of aryl methyl sites for hydroxylation is 2. The molecular weight excluding hydrogens is 582 g/mol. The summed E-state index contributed by atoms with van der Waals surface area (Å²) in [6.07, 6.45) is 6.95. The van der Waals surface area contributed by atoms with Gasteiger partial charge >= 0.3 is 0 Å². The van der Waals surface area contributed by atoms with E-state index in [0.717, 1.165) is 52.5 Å². The van der Waals surface area contributed by atoms with Crippen molar-refractivity contribution in [3.8, 4) is 17.1 Å². The van der Waals surface area contributed by atoms with E-state index in [1.54, 1.807) is 0 Å². The van der Waals surface area contributed by atoms with Crippen LogP contribution in [-0.4, -0.2) is 56.5 Å². The van der Waals surface area contributed by atoms with Gasteiger partial charge in [0.1, 0.15) is 12.4 Å². The fourth-order valence-corrected chi connectivity index (χ4v) is 6.97. The first-order valence-electron chi connectivity index (χ1n) is 15.7. The molecule has 4 bridgehead atoms. The van der Waals surface area contributed by atoms with Crippen molar-refractivity contribution in [1.29, 1.82) is 0 Å². The summed E-state index contributed by atoms with van der Waals surface area (Å²) >= 11 is 1.38. The molecule has 0 unspecified atom stereocenters. The van der Waals surface area contributed by atoms with Crippen molar-refractivity contribution in [2.24, 2.45) is 11.3 Å². The van der Waals surface area contributed by atoms with Crippen LogP contribution in [0.3, 0.4) is 0 Å². The first-order valence-corrected chi connectivity index (χ1v) is 16.5. The Bertz CT molecular complexity index is 1700. The molecule has 45 heavy (non-hydrogen) atoms. The number of anilines is 2. The first-order chi connectivity index (χ1) is 21.7. The van der Waals surface area contributed by atoms with Gasteiger partial charge in [-0.1, -0.05) is 51.0 Å². The number of benzene rings is 2. The summed E-state index contributed by atoms with van der Waals surface area (Å²) in [7, 11) is 0. The number of aromatic nitrogens is 4. The van der Waals surface area contributed by atoms with Crippen molar-refractivity contribution in [1.82, 2.24) is 24.8 Å². The maximum atomic E-state index is 14.3. The average Bonchev–Trinajstić information content (AvgIpc) is 3.84. The monoisotopic (exact) mass is 621 g/mol. The molecule has 232 valence electrons. The summed E-state index contributed by atoms with van der Waals surface area (Å²) in [6.45, 7) is 11.3. The van der Waals surface area contributed by atoms with Crippen LogP contribution in [-0.2, 0) is 6.54 Å². The zero-order chi connectivity index (χ0) is 31.1. The third-order valence-electron chi connectivity index (χ3n) is 8.82. The van der Waals surface area contributed by atoms with E-state index in [1.807, 2.05) is 47.6 Å². The fraction of sp³-hybridized carbons (Fsp3) is 0.400. The molecule has 2 aliphatic heterocycles. The third kappa shape index (κ3) is 6.61. The highest BCUT2D eigenvalue weighted by atomic mass is 32.2. The number of nitrogens with one attached hydrogen (secondary N) is 1. The second-order valence-electron chi connectivity index (χ2n) is 13.4. The molecule has 2 fully saturated rings. The molecule has 2 aromatic carbocycles. The number of fused-ring (bicyclic) bond motifs is 4. The van der Waals surface area contributed by atoms with Gasteiger partial charge in [0.2, 0.25) is 11.8 Å². The van der Waals surface area contributed by atoms with Gasteiger partial charge in [0, 0.05) is 35.2 Å². The smallest absolute Gasteiger partial charge is 0.254 e. The normalized spacial score (nSPS) is 19.4. The van der Waals surface area contributed by atoms with E-state index in [4.69, 9.17) is 24.7 Å². The Morgan fingerprint density at radius 2 is 1.73 bits per heavy atom. The minimum absolute atomic E-state index is 0.0582. The summed E-state index contributed by atoms with van der Waals surface area (Å²) in [5.74, 6) is 2.06. The molecule has 0 spiro atoms. The number of ether oxygens (including phenoxy) is 1. The number of amides is 1.